The maximum Gasteiger partial charge on any atom is 0.0342 e. The predicted molar refractivity (Wildman–Crippen MR) is 92.7 cm³/mol. The van der Waals surface area contributed by atoms with Crippen molar-refractivity contribution in [2.75, 3.05) is 0 Å². The lowest BCUT2D eigenvalue weighted by atomic mass is 9.99. The number of hydrogen-bond donors (Lipinski definition) is 0. The van der Waals surface area contributed by atoms with Gasteiger partial charge < -0.3 is 0 Å². The molecule has 0 saturated carbocycles. The molecule has 4 rings (SSSR count). The minimum atomic E-state index is 1.27. The highest BCUT2D eigenvalue weighted by Crippen LogP contribution is 2.30. The van der Waals surface area contributed by atoms with E-state index in [0.717, 1.165) is 0 Å². The molecule has 1 aromatic heterocycles. The first-order valence-corrected chi connectivity index (χ1v) is 7.91. The molecule has 100 valence electrons. The van der Waals surface area contributed by atoms with Gasteiger partial charge in [-0.15, -0.1) is 11.3 Å². The van der Waals surface area contributed by atoms with Gasteiger partial charge in [0.05, 0.1) is 0 Å². The topological polar surface area (TPSA) is 0 Å². The molecule has 0 N–H and O–H groups in total. The van der Waals surface area contributed by atoms with Crippen LogP contribution >= 0.6 is 11.3 Å². The largest absolute Gasteiger partial charge is 0.144 e. The summed E-state index contributed by atoms with van der Waals surface area (Å²) in [5, 5.41) is 4.70. The Kier molecular flexibility index (Phi) is 3.06. The van der Waals surface area contributed by atoms with Gasteiger partial charge in [-0.1, -0.05) is 60.7 Å². The Labute approximate surface area is 128 Å². The quantitative estimate of drug-likeness (QED) is 0.409. The van der Waals surface area contributed by atoms with Crippen molar-refractivity contribution in [3.05, 3.63) is 84.2 Å². The predicted octanol–water partition coefficient (Wildman–Crippen LogP) is 6.24. The average molecular weight is 286 g/mol. The Balaban J connectivity index is 1.83. The van der Waals surface area contributed by atoms with Gasteiger partial charge in [-0.3, -0.25) is 0 Å². The number of benzene rings is 3. The Hall–Kier alpha value is -2.38. The van der Waals surface area contributed by atoms with Crippen LogP contribution in [0.1, 0.15) is 0 Å². The van der Waals surface area contributed by atoms with Crippen molar-refractivity contribution < 1.29 is 0 Å². The lowest BCUT2D eigenvalue weighted by Gasteiger charge is -2.06. The van der Waals surface area contributed by atoms with Crippen molar-refractivity contribution in [2.45, 2.75) is 0 Å². The lowest BCUT2D eigenvalue weighted by Crippen LogP contribution is -1.80. The second kappa shape index (κ2) is 5.19. The molecule has 0 amide bonds. The minimum absolute atomic E-state index is 1.27. The summed E-state index contributed by atoms with van der Waals surface area (Å²) < 4.78 is 0. The maximum absolute atomic E-state index is 2.27. The second-order valence-corrected chi connectivity index (χ2v) is 6.07. The van der Waals surface area contributed by atoms with E-state index in [0.29, 0.717) is 0 Å². The Morgan fingerprint density at radius 1 is 0.524 bits per heavy atom. The Morgan fingerprint density at radius 3 is 2.19 bits per heavy atom. The van der Waals surface area contributed by atoms with Crippen molar-refractivity contribution in [3.8, 4) is 21.6 Å². The molecule has 0 fully saturated rings. The van der Waals surface area contributed by atoms with Crippen LogP contribution in [-0.2, 0) is 0 Å². The van der Waals surface area contributed by atoms with Gasteiger partial charge in [0.2, 0.25) is 0 Å². The molecule has 0 radical (unpaired) electrons. The molecule has 0 aliphatic heterocycles. The number of rotatable bonds is 2. The van der Waals surface area contributed by atoms with Crippen LogP contribution < -0.4 is 0 Å². The first-order valence-electron chi connectivity index (χ1n) is 7.03. The van der Waals surface area contributed by atoms with Crippen molar-refractivity contribution in [1.82, 2.24) is 0 Å². The zero-order valence-corrected chi connectivity index (χ0v) is 12.3. The zero-order valence-electron chi connectivity index (χ0n) is 11.5. The van der Waals surface area contributed by atoms with Gasteiger partial charge >= 0.3 is 0 Å². The smallest absolute Gasteiger partial charge is 0.0342 e. The van der Waals surface area contributed by atoms with Crippen LogP contribution in [0.25, 0.3) is 32.3 Å². The number of thiophene rings is 1. The molecular formula is C20H14S. The van der Waals surface area contributed by atoms with E-state index in [1.807, 2.05) is 0 Å². The van der Waals surface area contributed by atoms with E-state index in [2.05, 4.69) is 84.2 Å². The van der Waals surface area contributed by atoms with Gasteiger partial charge in [0.1, 0.15) is 0 Å². The van der Waals surface area contributed by atoms with Crippen molar-refractivity contribution >= 4 is 22.1 Å². The molecule has 4 aromatic rings. The van der Waals surface area contributed by atoms with Crippen LogP contribution in [0.2, 0.25) is 0 Å². The van der Waals surface area contributed by atoms with Gasteiger partial charge in [-0.05, 0) is 51.0 Å². The SMILES string of the molecule is c1cc(-c2ccc3ccccc3c2)cc(-c2cccs2)c1. The van der Waals surface area contributed by atoms with Crippen LogP contribution in [0.5, 0.6) is 0 Å². The van der Waals surface area contributed by atoms with Crippen LogP contribution in [0, 0.1) is 0 Å². The number of fused-ring (bicyclic) bond motifs is 1. The highest BCUT2D eigenvalue weighted by molar-refractivity contribution is 7.13. The third-order valence-electron chi connectivity index (χ3n) is 3.75. The first kappa shape index (κ1) is 12.4. The summed E-state index contributed by atoms with van der Waals surface area (Å²) in [5.41, 5.74) is 3.83. The van der Waals surface area contributed by atoms with Crippen molar-refractivity contribution in [1.29, 1.82) is 0 Å². The highest BCUT2D eigenvalue weighted by Gasteiger charge is 2.03. The summed E-state index contributed by atoms with van der Waals surface area (Å²) in [6.45, 7) is 0. The van der Waals surface area contributed by atoms with E-state index in [9.17, 15) is 0 Å². The van der Waals surface area contributed by atoms with Gasteiger partial charge in [-0.2, -0.15) is 0 Å². The van der Waals surface area contributed by atoms with Crippen LogP contribution in [0.4, 0.5) is 0 Å². The van der Waals surface area contributed by atoms with E-state index < -0.39 is 0 Å². The van der Waals surface area contributed by atoms with Gasteiger partial charge in [-0.25, -0.2) is 0 Å². The summed E-state index contributed by atoms with van der Waals surface area (Å²) in [6.07, 6.45) is 0. The summed E-state index contributed by atoms with van der Waals surface area (Å²) in [5.74, 6) is 0. The Morgan fingerprint density at radius 2 is 1.33 bits per heavy atom. The molecule has 0 aliphatic rings. The van der Waals surface area contributed by atoms with E-state index >= 15 is 0 Å². The van der Waals surface area contributed by atoms with E-state index in [-0.39, 0.29) is 0 Å². The third-order valence-corrected chi connectivity index (χ3v) is 4.67. The fraction of sp³-hybridized carbons (Fsp3) is 0. The fourth-order valence-electron chi connectivity index (χ4n) is 2.66. The molecule has 0 spiro atoms. The molecule has 0 atom stereocenters. The molecule has 1 heteroatoms. The molecule has 0 bridgehead atoms. The van der Waals surface area contributed by atoms with Crippen LogP contribution in [-0.4, -0.2) is 0 Å². The average Bonchev–Trinajstić information content (AvgIpc) is 3.09. The Bertz CT molecular complexity index is 889. The second-order valence-electron chi connectivity index (χ2n) is 5.12. The van der Waals surface area contributed by atoms with Gasteiger partial charge in [0.25, 0.3) is 0 Å². The van der Waals surface area contributed by atoms with Crippen LogP contribution in [0.15, 0.2) is 84.2 Å². The van der Waals surface area contributed by atoms with Gasteiger partial charge in [0.15, 0.2) is 0 Å². The summed E-state index contributed by atoms with van der Waals surface area (Å²) in [4.78, 5) is 1.32. The maximum atomic E-state index is 2.27. The van der Waals surface area contributed by atoms with E-state index in [1.54, 1.807) is 11.3 Å². The highest BCUT2D eigenvalue weighted by atomic mass is 32.1. The van der Waals surface area contributed by atoms with Crippen molar-refractivity contribution in [2.24, 2.45) is 0 Å². The first-order chi connectivity index (χ1) is 10.4. The van der Waals surface area contributed by atoms with E-state index in [1.165, 1.54) is 32.3 Å². The summed E-state index contributed by atoms with van der Waals surface area (Å²) in [6, 6.07) is 28.2. The molecule has 0 unspecified atom stereocenters. The lowest BCUT2D eigenvalue weighted by molar-refractivity contribution is 1.64. The van der Waals surface area contributed by atoms with Crippen molar-refractivity contribution in [3.63, 3.8) is 0 Å². The molecule has 1 heterocycles. The monoisotopic (exact) mass is 286 g/mol. The number of hydrogen-bond acceptors (Lipinski definition) is 1. The van der Waals surface area contributed by atoms with Crippen LogP contribution in [0.3, 0.4) is 0 Å². The van der Waals surface area contributed by atoms with Gasteiger partial charge in [0, 0.05) is 4.88 Å². The standard InChI is InChI=1S/C20H14S/c1-2-6-16-13-18(11-10-15(16)5-1)17-7-3-8-19(14-17)20-9-4-12-21-20/h1-14H. The third kappa shape index (κ3) is 2.37. The molecule has 21 heavy (non-hydrogen) atoms. The molecule has 0 saturated heterocycles. The molecular weight excluding hydrogens is 272 g/mol. The summed E-state index contributed by atoms with van der Waals surface area (Å²) in [7, 11) is 0. The molecule has 0 aliphatic carbocycles. The molecule has 3 aromatic carbocycles. The minimum Gasteiger partial charge on any atom is -0.144 e. The normalized spacial score (nSPS) is 10.9. The zero-order chi connectivity index (χ0) is 14.1. The van der Waals surface area contributed by atoms with E-state index in [4.69, 9.17) is 0 Å². The molecule has 0 nitrogen and oxygen atoms in total. The summed E-state index contributed by atoms with van der Waals surface area (Å²) >= 11 is 1.78. The fourth-order valence-corrected chi connectivity index (χ4v) is 3.39.